The number of nitrogens with two attached hydrogens (primary N) is 1. The van der Waals surface area contributed by atoms with E-state index in [2.05, 4.69) is 15.9 Å². The van der Waals surface area contributed by atoms with E-state index in [1.165, 1.54) is 11.4 Å². The highest BCUT2D eigenvalue weighted by Gasteiger charge is 2.29. The third-order valence-corrected chi connectivity index (χ3v) is 6.22. The second kappa shape index (κ2) is 6.43. The van der Waals surface area contributed by atoms with Gasteiger partial charge < -0.3 is 10.5 Å². The molecule has 1 fully saturated rings. The lowest BCUT2D eigenvalue weighted by Gasteiger charge is -2.30. The van der Waals surface area contributed by atoms with Crippen LogP contribution in [0.2, 0.25) is 0 Å². The first-order valence-corrected chi connectivity index (χ1v) is 8.76. The van der Waals surface area contributed by atoms with Crippen molar-refractivity contribution in [3.05, 3.63) is 22.7 Å². The molecule has 1 aliphatic heterocycles. The SMILES string of the molecule is COc1cc(S(=O)(=O)N2CCC(CN)CC2)ccc1Br. The summed E-state index contributed by atoms with van der Waals surface area (Å²) >= 11 is 3.32. The summed E-state index contributed by atoms with van der Waals surface area (Å²) in [6, 6.07) is 4.84. The Morgan fingerprint density at radius 1 is 1.40 bits per heavy atom. The molecule has 0 unspecified atom stereocenters. The highest BCUT2D eigenvalue weighted by molar-refractivity contribution is 9.10. The molecule has 1 aliphatic rings. The van der Waals surface area contributed by atoms with Gasteiger partial charge in [-0.05, 0) is 53.4 Å². The molecule has 2 N–H and O–H groups in total. The van der Waals surface area contributed by atoms with Crippen molar-refractivity contribution in [3.8, 4) is 5.75 Å². The number of ether oxygens (including phenoxy) is 1. The normalized spacial score (nSPS) is 18.1. The minimum atomic E-state index is -3.45. The van der Waals surface area contributed by atoms with Gasteiger partial charge in [-0.25, -0.2) is 8.42 Å². The van der Waals surface area contributed by atoms with Crippen molar-refractivity contribution in [2.75, 3.05) is 26.7 Å². The Bertz CT molecular complexity index is 569. The highest BCUT2D eigenvalue weighted by atomic mass is 79.9. The van der Waals surface area contributed by atoms with Crippen molar-refractivity contribution in [1.82, 2.24) is 4.31 Å². The third-order valence-electron chi connectivity index (χ3n) is 3.67. The molecule has 112 valence electrons. The van der Waals surface area contributed by atoms with Gasteiger partial charge in [0, 0.05) is 19.2 Å². The predicted molar refractivity (Wildman–Crippen MR) is 81.2 cm³/mol. The van der Waals surface area contributed by atoms with Gasteiger partial charge in [-0.3, -0.25) is 0 Å². The molecule has 5 nitrogen and oxygen atoms in total. The lowest BCUT2D eigenvalue weighted by atomic mass is 9.99. The zero-order valence-corrected chi connectivity index (χ0v) is 13.8. The summed E-state index contributed by atoms with van der Waals surface area (Å²) in [4.78, 5) is 0.267. The van der Waals surface area contributed by atoms with Crippen LogP contribution in [-0.4, -0.2) is 39.5 Å². The average molecular weight is 363 g/mol. The largest absolute Gasteiger partial charge is 0.496 e. The standard InChI is InChI=1S/C13H19BrN2O3S/c1-19-13-8-11(2-3-12(13)14)20(17,18)16-6-4-10(9-15)5-7-16/h2-3,8,10H,4-7,9,15H2,1H3. The van der Waals surface area contributed by atoms with E-state index in [0.29, 0.717) is 31.3 Å². The number of methoxy groups -OCH3 is 1. The number of nitrogens with zero attached hydrogens (tertiary/aromatic N) is 1. The lowest BCUT2D eigenvalue weighted by Crippen LogP contribution is -2.40. The molecule has 0 atom stereocenters. The number of piperidine rings is 1. The van der Waals surface area contributed by atoms with Crippen LogP contribution in [0, 0.1) is 5.92 Å². The molecule has 20 heavy (non-hydrogen) atoms. The topological polar surface area (TPSA) is 72.6 Å². The van der Waals surface area contributed by atoms with Crippen molar-refractivity contribution >= 4 is 26.0 Å². The molecule has 2 rings (SSSR count). The lowest BCUT2D eigenvalue weighted by molar-refractivity contribution is 0.278. The van der Waals surface area contributed by atoms with E-state index in [1.54, 1.807) is 18.2 Å². The molecular formula is C13H19BrN2O3S. The van der Waals surface area contributed by atoms with E-state index in [4.69, 9.17) is 10.5 Å². The van der Waals surface area contributed by atoms with Crippen molar-refractivity contribution in [2.45, 2.75) is 17.7 Å². The van der Waals surface area contributed by atoms with Gasteiger partial charge in [-0.2, -0.15) is 4.31 Å². The zero-order valence-electron chi connectivity index (χ0n) is 11.4. The van der Waals surface area contributed by atoms with Crippen LogP contribution in [0.4, 0.5) is 0 Å². The predicted octanol–water partition coefficient (Wildman–Crippen LogP) is 1.82. The quantitative estimate of drug-likeness (QED) is 0.886. The van der Waals surface area contributed by atoms with Crippen molar-refractivity contribution in [3.63, 3.8) is 0 Å². The van der Waals surface area contributed by atoms with Gasteiger partial charge in [0.1, 0.15) is 5.75 Å². The molecule has 0 radical (unpaired) electrons. The molecule has 0 aliphatic carbocycles. The van der Waals surface area contributed by atoms with Gasteiger partial charge in [-0.15, -0.1) is 0 Å². The number of halogens is 1. The van der Waals surface area contributed by atoms with Crippen LogP contribution in [0.3, 0.4) is 0 Å². The zero-order chi connectivity index (χ0) is 14.8. The van der Waals surface area contributed by atoms with Crippen LogP contribution in [0.15, 0.2) is 27.6 Å². The van der Waals surface area contributed by atoms with Crippen LogP contribution >= 0.6 is 15.9 Å². The summed E-state index contributed by atoms with van der Waals surface area (Å²) in [5.41, 5.74) is 5.63. The van der Waals surface area contributed by atoms with Gasteiger partial charge in [-0.1, -0.05) is 0 Å². The number of benzene rings is 1. The maximum atomic E-state index is 12.6. The molecule has 0 saturated carbocycles. The molecule has 1 aromatic carbocycles. The molecule has 1 saturated heterocycles. The van der Waals surface area contributed by atoms with Gasteiger partial charge in [0.05, 0.1) is 16.5 Å². The fourth-order valence-electron chi connectivity index (χ4n) is 2.33. The van der Waals surface area contributed by atoms with E-state index in [1.807, 2.05) is 0 Å². The van der Waals surface area contributed by atoms with Crippen LogP contribution < -0.4 is 10.5 Å². The third kappa shape index (κ3) is 3.16. The summed E-state index contributed by atoms with van der Waals surface area (Å²) in [7, 11) is -1.93. The second-order valence-electron chi connectivity index (χ2n) is 4.88. The van der Waals surface area contributed by atoms with E-state index in [-0.39, 0.29) is 4.90 Å². The summed E-state index contributed by atoms with van der Waals surface area (Å²) in [5, 5.41) is 0. The molecule has 0 amide bonds. The van der Waals surface area contributed by atoms with Gasteiger partial charge in [0.25, 0.3) is 0 Å². The number of sulfonamides is 1. The first kappa shape index (κ1) is 15.8. The fraction of sp³-hybridized carbons (Fsp3) is 0.538. The molecule has 1 heterocycles. The molecular weight excluding hydrogens is 344 g/mol. The van der Waals surface area contributed by atoms with Gasteiger partial charge >= 0.3 is 0 Å². The van der Waals surface area contributed by atoms with Crippen LogP contribution in [0.1, 0.15) is 12.8 Å². The van der Waals surface area contributed by atoms with Crippen LogP contribution in [0.5, 0.6) is 5.75 Å². The van der Waals surface area contributed by atoms with Gasteiger partial charge in [0.15, 0.2) is 0 Å². The minimum Gasteiger partial charge on any atom is -0.496 e. The number of hydrogen-bond donors (Lipinski definition) is 1. The molecule has 0 spiro atoms. The van der Waals surface area contributed by atoms with E-state index in [9.17, 15) is 8.42 Å². The van der Waals surface area contributed by atoms with E-state index >= 15 is 0 Å². The Morgan fingerprint density at radius 2 is 2.05 bits per heavy atom. The smallest absolute Gasteiger partial charge is 0.243 e. The molecule has 7 heteroatoms. The van der Waals surface area contributed by atoms with Crippen LogP contribution in [-0.2, 0) is 10.0 Å². The molecule has 0 aromatic heterocycles. The Labute approximate surface area is 128 Å². The van der Waals surface area contributed by atoms with Crippen molar-refractivity contribution in [2.24, 2.45) is 11.7 Å². The fourth-order valence-corrected chi connectivity index (χ4v) is 4.23. The van der Waals surface area contributed by atoms with E-state index in [0.717, 1.165) is 17.3 Å². The Morgan fingerprint density at radius 3 is 2.60 bits per heavy atom. The van der Waals surface area contributed by atoms with Gasteiger partial charge in [0.2, 0.25) is 10.0 Å². The second-order valence-corrected chi connectivity index (χ2v) is 7.67. The highest BCUT2D eigenvalue weighted by Crippen LogP contribution is 2.30. The molecule has 1 aromatic rings. The molecule has 0 bridgehead atoms. The minimum absolute atomic E-state index is 0.267. The first-order chi connectivity index (χ1) is 9.48. The number of rotatable bonds is 4. The van der Waals surface area contributed by atoms with Crippen LogP contribution in [0.25, 0.3) is 0 Å². The first-order valence-electron chi connectivity index (χ1n) is 6.52. The van der Waals surface area contributed by atoms with Crippen molar-refractivity contribution in [1.29, 1.82) is 0 Å². The summed E-state index contributed by atoms with van der Waals surface area (Å²) < 4.78 is 32.6. The number of hydrogen-bond acceptors (Lipinski definition) is 4. The van der Waals surface area contributed by atoms with E-state index < -0.39 is 10.0 Å². The van der Waals surface area contributed by atoms with Crippen molar-refractivity contribution < 1.29 is 13.2 Å². The summed E-state index contributed by atoms with van der Waals surface area (Å²) in [6.45, 7) is 1.69. The summed E-state index contributed by atoms with van der Waals surface area (Å²) in [5.74, 6) is 0.948. The maximum absolute atomic E-state index is 12.6. The Kier molecular flexibility index (Phi) is 5.06. The Balaban J connectivity index is 2.22. The monoisotopic (exact) mass is 362 g/mol. The maximum Gasteiger partial charge on any atom is 0.243 e. The Hall–Kier alpha value is -0.630. The average Bonchev–Trinajstić information content (AvgIpc) is 2.47. The summed E-state index contributed by atoms with van der Waals surface area (Å²) in [6.07, 6.45) is 1.65.